The second kappa shape index (κ2) is 5.24. The Morgan fingerprint density at radius 1 is 1.53 bits per heavy atom. The number of sulfonamides is 1. The number of nitrogens with two attached hydrogens (primary N) is 1. The molecule has 1 aromatic carbocycles. The Bertz CT molecular complexity index is 590. The van der Waals surface area contributed by atoms with Crippen LogP contribution >= 0.6 is 11.6 Å². The lowest BCUT2D eigenvalue weighted by Crippen LogP contribution is -2.33. The summed E-state index contributed by atoms with van der Waals surface area (Å²) in [5, 5.41) is 9.64. The molecule has 2 rings (SSSR count). The van der Waals surface area contributed by atoms with Crippen molar-refractivity contribution in [3.05, 3.63) is 23.0 Å². The van der Waals surface area contributed by atoms with E-state index in [4.69, 9.17) is 17.3 Å². The van der Waals surface area contributed by atoms with Crippen molar-refractivity contribution in [2.75, 3.05) is 12.3 Å². The normalized spacial score (nSPS) is 17.4. The summed E-state index contributed by atoms with van der Waals surface area (Å²) >= 11 is 5.66. The Labute approximate surface area is 115 Å². The molecule has 0 aliphatic heterocycles. The lowest BCUT2D eigenvalue weighted by Gasteiger charge is -2.12. The summed E-state index contributed by atoms with van der Waals surface area (Å²) in [5.74, 6) is -0.921. The maximum Gasteiger partial charge on any atom is 0.243 e. The molecule has 0 saturated heterocycles. The van der Waals surface area contributed by atoms with E-state index in [9.17, 15) is 17.9 Å². The summed E-state index contributed by atoms with van der Waals surface area (Å²) in [6.07, 6.45) is 0.998. The third kappa shape index (κ3) is 3.36. The number of aliphatic hydroxyl groups is 1. The van der Waals surface area contributed by atoms with Crippen molar-refractivity contribution in [2.45, 2.75) is 23.8 Å². The van der Waals surface area contributed by atoms with Gasteiger partial charge in [0.05, 0.1) is 11.8 Å². The molecule has 0 aromatic heterocycles. The lowest BCUT2D eigenvalue weighted by atomic mass is 10.2. The molecule has 19 heavy (non-hydrogen) atoms. The van der Waals surface area contributed by atoms with Crippen molar-refractivity contribution in [2.24, 2.45) is 5.92 Å². The molecule has 106 valence electrons. The maximum absolute atomic E-state index is 13.7. The average molecular weight is 309 g/mol. The van der Waals surface area contributed by atoms with Crippen molar-refractivity contribution in [1.82, 2.24) is 4.72 Å². The molecule has 1 atom stereocenters. The third-order valence-electron chi connectivity index (χ3n) is 2.97. The number of anilines is 1. The van der Waals surface area contributed by atoms with Crippen LogP contribution in [-0.4, -0.2) is 26.2 Å². The van der Waals surface area contributed by atoms with Gasteiger partial charge in [-0.1, -0.05) is 11.6 Å². The molecular formula is C11H14ClFN2O3S. The van der Waals surface area contributed by atoms with Gasteiger partial charge in [-0.15, -0.1) is 0 Å². The van der Waals surface area contributed by atoms with Crippen LogP contribution in [0.3, 0.4) is 0 Å². The zero-order valence-electron chi connectivity index (χ0n) is 9.94. The van der Waals surface area contributed by atoms with Crippen LogP contribution in [0.2, 0.25) is 5.02 Å². The second-order valence-electron chi connectivity index (χ2n) is 4.56. The molecule has 8 heteroatoms. The fourth-order valence-electron chi connectivity index (χ4n) is 1.70. The molecule has 0 spiro atoms. The number of hydrogen-bond acceptors (Lipinski definition) is 4. The number of nitrogen functional groups attached to an aromatic ring is 1. The highest BCUT2D eigenvalue weighted by Gasteiger charge is 2.31. The molecular weight excluding hydrogens is 295 g/mol. The zero-order valence-corrected chi connectivity index (χ0v) is 11.5. The highest BCUT2D eigenvalue weighted by molar-refractivity contribution is 7.89. The Balaban J connectivity index is 2.19. The van der Waals surface area contributed by atoms with E-state index in [1.165, 1.54) is 0 Å². The molecule has 1 saturated carbocycles. The van der Waals surface area contributed by atoms with Gasteiger partial charge in [-0.2, -0.15) is 0 Å². The lowest BCUT2D eigenvalue weighted by molar-refractivity contribution is 0.155. The summed E-state index contributed by atoms with van der Waals surface area (Å²) < 4.78 is 39.7. The van der Waals surface area contributed by atoms with E-state index in [-0.39, 0.29) is 23.2 Å². The van der Waals surface area contributed by atoms with E-state index in [1.807, 2.05) is 0 Å². The fraction of sp³-hybridized carbons (Fsp3) is 0.455. The largest absolute Gasteiger partial charge is 0.396 e. The average Bonchev–Trinajstić information content (AvgIpc) is 3.14. The minimum atomic E-state index is -4.09. The van der Waals surface area contributed by atoms with Gasteiger partial charge in [-0.05, 0) is 30.9 Å². The van der Waals surface area contributed by atoms with Crippen molar-refractivity contribution < 1.29 is 17.9 Å². The van der Waals surface area contributed by atoms with Crippen LogP contribution in [0.4, 0.5) is 10.1 Å². The van der Waals surface area contributed by atoms with Gasteiger partial charge in [0.15, 0.2) is 5.82 Å². The Kier molecular flexibility index (Phi) is 4.00. The number of aliphatic hydroxyl groups excluding tert-OH is 1. The first-order chi connectivity index (χ1) is 8.81. The molecule has 4 N–H and O–H groups in total. The molecule has 1 aliphatic carbocycles. The van der Waals surface area contributed by atoms with Crippen LogP contribution in [0.5, 0.6) is 0 Å². The van der Waals surface area contributed by atoms with Crippen LogP contribution in [0, 0.1) is 11.7 Å². The monoisotopic (exact) mass is 308 g/mol. The second-order valence-corrected chi connectivity index (χ2v) is 6.74. The minimum absolute atomic E-state index is 0.0296. The van der Waals surface area contributed by atoms with Crippen LogP contribution in [0.25, 0.3) is 0 Å². The highest BCUT2D eigenvalue weighted by atomic mass is 35.5. The topological polar surface area (TPSA) is 92.4 Å². The number of halogens is 2. The standard InChI is InChI=1S/C11H14ClFN2O3S/c12-7-3-8(14)11(13)10(4-7)19(17,18)15-5-9(16)6-1-2-6/h3-4,6,9,15-16H,1-2,5,14H2. The van der Waals surface area contributed by atoms with Gasteiger partial charge in [-0.3, -0.25) is 0 Å². The third-order valence-corrected chi connectivity index (χ3v) is 4.61. The smallest absolute Gasteiger partial charge is 0.243 e. The van der Waals surface area contributed by atoms with E-state index in [0.717, 1.165) is 25.0 Å². The van der Waals surface area contributed by atoms with Gasteiger partial charge in [0.2, 0.25) is 10.0 Å². The van der Waals surface area contributed by atoms with Gasteiger partial charge in [-0.25, -0.2) is 17.5 Å². The molecule has 1 aromatic rings. The van der Waals surface area contributed by atoms with Crippen LogP contribution in [0.15, 0.2) is 17.0 Å². The first-order valence-electron chi connectivity index (χ1n) is 5.73. The molecule has 1 aliphatic rings. The number of benzene rings is 1. The van der Waals surface area contributed by atoms with Gasteiger partial charge < -0.3 is 10.8 Å². The summed E-state index contributed by atoms with van der Waals surface area (Å²) in [5.41, 5.74) is 4.99. The number of rotatable bonds is 5. The first kappa shape index (κ1) is 14.5. The van der Waals surface area contributed by atoms with E-state index in [2.05, 4.69) is 4.72 Å². The van der Waals surface area contributed by atoms with Crippen LogP contribution in [0.1, 0.15) is 12.8 Å². The number of nitrogens with one attached hydrogen (secondary N) is 1. The van der Waals surface area contributed by atoms with E-state index in [1.54, 1.807) is 0 Å². The Morgan fingerprint density at radius 2 is 2.16 bits per heavy atom. The fourth-order valence-corrected chi connectivity index (χ4v) is 3.17. The summed E-state index contributed by atoms with van der Waals surface area (Å²) in [6.45, 7) is -0.154. The zero-order chi connectivity index (χ0) is 14.2. The van der Waals surface area contributed by atoms with Crippen LogP contribution < -0.4 is 10.5 Å². The van der Waals surface area contributed by atoms with Gasteiger partial charge >= 0.3 is 0 Å². The minimum Gasteiger partial charge on any atom is -0.396 e. The van der Waals surface area contributed by atoms with Gasteiger partial charge in [0.25, 0.3) is 0 Å². The summed E-state index contributed by atoms with van der Waals surface area (Å²) in [7, 11) is -4.09. The molecule has 5 nitrogen and oxygen atoms in total. The predicted molar refractivity (Wildman–Crippen MR) is 69.7 cm³/mol. The molecule has 1 unspecified atom stereocenters. The first-order valence-corrected chi connectivity index (χ1v) is 7.59. The van der Waals surface area contributed by atoms with Crippen molar-refractivity contribution in [3.63, 3.8) is 0 Å². The van der Waals surface area contributed by atoms with Crippen molar-refractivity contribution in [3.8, 4) is 0 Å². The molecule has 0 amide bonds. The highest BCUT2D eigenvalue weighted by Crippen LogP contribution is 2.32. The quantitative estimate of drug-likeness (QED) is 0.711. The van der Waals surface area contributed by atoms with E-state index >= 15 is 0 Å². The summed E-state index contributed by atoms with van der Waals surface area (Å²) in [4.78, 5) is -0.611. The molecule has 1 fully saturated rings. The van der Waals surface area contributed by atoms with Crippen LogP contribution in [-0.2, 0) is 10.0 Å². The van der Waals surface area contributed by atoms with Gasteiger partial charge in [0.1, 0.15) is 4.90 Å². The SMILES string of the molecule is Nc1cc(Cl)cc(S(=O)(=O)NCC(O)C2CC2)c1F. The Morgan fingerprint density at radius 3 is 2.74 bits per heavy atom. The van der Waals surface area contributed by atoms with E-state index in [0.29, 0.717) is 0 Å². The van der Waals surface area contributed by atoms with Gasteiger partial charge in [0, 0.05) is 11.6 Å². The Hall–Kier alpha value is -0.890. The summed E-state index contributed by atoms with van der Waals surface area (Å²) in [6, 6.07) is 2.12. The maximum atomic E-state index is 13.7. The predicted octanol–water partition coefficient (Wildman–Crippen LogP) is 1.11. The molecule has 0 bridgehead atoms. The number of hydrogen-bond donors (Lipinski definition) is 3. The molecule has 0 radical (unpaired) electrons. The molecule has 0 heterocycles. The van der Waals surface area contributed by atoms with Crippen molar-refractivity contribution in [1.29, 1.82) is 0 Å². The van der Waals surface area contributed by atoms with E-state index < -0.39 is 26.8 Å². The van der Waals surface area contributed by atoms with Crippen molar-refractivity contribution >= 4 is 27.3 Å².